The third-order valence-corrected chi connectivity index (χ3v) is 5.38. The second-order valence-corrected chi connectivity index (χ2v) is 7.93. The molecule has 1 atom stereocenters. The summed E-state index contributed by atoms with van der Waals surface area (Å²) < 4.78 is 22.3. The third kappa shape index (κ3) is 3.52. The lowest BCUT2D eigenvalue weighted by Gasteiger charge is -2.12. The van der Waals surface area contributed by atoms with Gasteiger partial charge in [0.15, 0.2) is 5.13 Å². The van der Waals surface area contributed by atoms with Gasteiger partial charge in [-0.2, -0.15) is 0 Å². The molecule has 0 saturated carbocycles. The zero-order valence-corrected chi connectivity index (χ0v) is 13.7. The fourth-order valence-electron chi connectivity index (χ4n) is 2.61. The van der Waals surface area contributed by atoms with E-state index in [-0.39, 0.29) is 36.3 Å². The van der Waals surface area contributed by atoms with Crippen LogP contribution in [0.2, 0.25) is 0 Å². The average Bonchev–Trinajstić information content (AvgIpc) is 3.04. The van der Waals surface area contributed by atoms with E-state index >= 15 is 0 Å². The Morgan fingerprint density at radius 2 is 2.13 bits per heavy atom. The highest BCUT2D eigenvalue weighted by atomic mass is 32.2. The van der Waals surface area contributed by atoms with E-state index in [1.165, 1.54) is 16.2 Å². The van der Waals surface area contributed by atoms with Crippen LogP contribution in [0.5, 0.6) is 5.75 Å². The van der Waals surface area contributed by atoms with Gasteiger partial charge in [-0.1, -0.05) is 12.1 Å². The van der Waals surface area contributed by atoms with Gasteiger partial charge in [0.1, 0.15) is 5.75 Å². The topological polar surface area (TPSA) is 114 Å². The summed E-state index contributed by atoms with van der Waals surface area (Å²) in [7, 11) is -3.61. The van der Waals surface area contributed by atoms with Crippen molar-refractivity contribution < 1.29 is 18.3 Å². The molecule has 2 aromatic rings. The van der Waals surface area contributed by atoms with Gasteiger partial charge in [-0.3, -0.25) is 9.69 Å². The maximum atomic E-state index is 12.1. The molecule has 1 fully saturated rings. The summed E-state index contributed by atoms with van der Waals surface area (Å²) in [5, 5.41) is 17.2. The van der Waals surface area contributed by atoms with Gasteiger partial charge in [-0.15, -0.1) is 11.3 Å². The number of hydrogen-bond acceptors (Lipinski definition) is 6. The number of aromatic nitrogens is 1. The summed E-state index contributed by atoms with van der Waals surface area (Å²) in [4.78, 5) is 18.0. The molecule has 3 N–H and O–H groups in total. The summed E-state index contributed by atoms with van der Waals surface area (Å²) in [6, 6.07) is 6.81. The smallest absolute Gasteiger partial charge is 0.229 e. The molecule has 1 unspecified atom stereocenters. The van der Waals surface area contributed by atoms with Crippen LogP contribution in [0.15, 0.2) is 29.6 Å². The molecule has 0 radical (unpaired) electrons. The fraction of sp³-hybridized carbons (Fsp3) is 0.286. The molecule has 122 valence electrons. The first-order valence-electron chi connectivity index (χ1n) is 6.88. The van der Waals surface area contributed by atoms with E-state index in [9.17, 15) is 18.3 Å². The number of primary sulfonamides is 1. The molecule has 2 heterocycles. The van der Waals surface area contributed by atoms with Crippen LogP contribution in [0, 0.1) is 5.92 Å². The van der Waals surface area contributed by atoms with Crippen molar-refractivity contribution in [3.05, 3.63) is 29.6 Å². The van der Waals surface area contributed by atoms with Crippen molar-refractivity contribution in [2.45, 2.75) is 6.42 Å². The number of carbonyl (C=O) groups excluding carboxylic acids is 1. The number of para-hydroxylation sites is 1. The number of sulfonamides is 1. The molecule has 3 rings (SSSR count). The summed E-state index contributed by atoms with van der Waals surface area (Å²) >= 11 is 1.28. The highest BCUT2D eigenvalue weighted by Crippen LogP contribution is 2.34. The molecule has 0 bridgehead atoms. The average molecular weight is 353 g/mol. The minimum atomic E-state index is -3.61. The highest BCUT2D eigenvalue weighted by molar-refractivity contribution is 7.89. The third-order valence-electron chi connectivity index (χ3n) is 3.58. The molecule has 9 heteroatoms. The number of amides is 1. The first-order chi connectivity index (χ1) is 10.8. The number of aromatic hydroxyl groups is 1. The van der Waals surface area contributed by atoms with Gasteiger partial charge in [-0.25, -0.2) is 18.5 Å². The number of benzene rings is 1. The van der Waals surface area contributed by atoms with Crippen LogP contribution in [0.25, 0.3) is 11.3 Å². The lowest BCUT2D eigenvalue weighted by Crippen LogP contribution is -2.27. The first kappa shape index (κ1) is 15.9. The molecule has 23 heavy (non-hydrogen) atoms. The number of rotatable bonds is 4. The van der Waals surface area contributed by atoms with E-state index < -0.39 is 10.0 Å². The molecule has 1 amide bonds. The van der Waals surface area contributed by atoms with Gasteiger partial charge in [-0.05, 0) is 12.1 Å². The zero-order chi connectivity index (χ0) is 16.6. The number of thiazole rings is 1. The van der Waals surface area contributed by atoms with Crippen molar-refractivity contribution >= 4 is 32.4 Å². The molecular formula is C14H15N3O4S2. The maximum Gasteiger partial charge on any atom is 0.229 e. The van der Waals surface area contributed by atoms with Crippen molar-refractivity contribution in [1.29, 1.82) is 0 Å². The number of nitrogens with two attached hydrogens (primary N) is 1. The molecular weight excluding hydrogens is 338 g/mol. The van der Waals surface area contributed by atoms with E-state index in [1.807, 2.05) is 0 Å². The molecule has 1 aliphatic heterocycles. The molecule has 0 spiro atoms. The standard InChI is InChI=1S/C14H15N3O4S2/c15-23(20,21)8-9-5-13(19)17(6-9)14-16-11(7-22-14)10-3-1-2-4-12(10)18/h1-4,7,9,18H,5-6,8H2,(H2,15,20,21). The van der Waals surface area contributed by atoms with Crippen LogP contribution in [-0.2, 0) is 14.8 Å². The van der Waals surface area contributed by atoms with Crippen molar-refractivity contribution in [2.75, 3.05) is 17.2 Å². The van der Waals surface area contributed by atoms with Crippen molar-refractivity contribution in [3.8, 4) is 17.0 Å². The second-order valence-electron chi connectivity index (χ2n) is 5.44. The van der Waals surface area contributed by atoms with Crippen LogP contribution in [-0.4, -0.2) is 36.7 Å². The van der Waals surface area contributed by atoms with Gasteiger partial charge in [0, 0.05) is 29.8 Å². The summed E-state index contributed by atoms with van der Waals surface area (Å²) in [6.45, 7) is 0.281. The number of anilines is 1. The van der Waals surface area contributed by atoms with E-state index in [1.54, 1.807) is 29.6 Å². The van der Waals surface area contributed by atoms with Crippen LogP contribution in [0.3, 0.4) is 0 Å². The van der Waals surface area contributed by atoms with E-state index in [0.717, 1.165) is 0 Å². The Kier molecular flexibility index (Phi) is 4.09. The van der Waals surface area contributed by atoms with Gasteiger partial charge in [0.2, 0.25) is 15.9 Å². The zero-order valence-electron chi connectivity index (χ0n) is 12.0. The lowest BCUT2D eigenvalue weighted by atomic mass is 10.1. The van der Waals surface area contributed by atoms with Crippen LogP contribution >= 0.6 is 11.3 Å². The number of carbonyl (C=O) groups is 1. The summed E-state index contributed by atoms with van der Waals surface area (Å²) in [5.74, 6) is -0.594. The fourth-order valence-corrected chi connectivity index (χ4v) is 4.34. The van der Waals surface area contributed by atoms with Crippen LogP contribution < -0.4 is 10.0 Å². The SMILES string of the molecule is NS(=O)(=O)CC1CC(=O)N(c2nc(-c3ccccc3O)cs2)C1. The van der Waals surface area contributed by atoms with E-state index in [2.05, 4.69) is 4.98 Å². The lowest BCUT2D eigenvalue weighted by molar-refractivity contribution is -0.117. The second kappa shape index (κ2) is 5.91. The van der Waals surface area contributed by atoms with Gasteiger partial charge in [0.05, 0.1) is 11.4 Å². The Bertz CT molecular complexity index is 847. The summed E-state index contributed by atoms with van der Waals surface area (Å²) in [6.07, 6.45) is 0.141. The van der Waals surface area contributed by atoms with Crippen molar-refractivity contribution in [2.24, 2.45) is 11.1 Å². The Morgan fingerprint density at radius 3 is 2.83 bits per heavy atom. The Balaban J connectivity index is 1.81. The summed E-state index contributed by atoms with van der Waals surface area (Å²) in [5.41, 5.74) is 1.16. The largest absolute Gasteiger partial charge is 0.507 e. The highest BCUT2D eigenvalue weighted by Gasteiger charge is 2.34. The van der Waals surface area contributed by atoms with Crippen LogP contribution in [0.1, 0.15) is 6.42 Å². The quantitative estimate of drug-likeness (QED) is 0.856. The predicted molar refractivity (Wildman–Crippen MR) is 87.6 cm³/mol. The number of hydrogen-bond donors (Lipinski definition) is 2. The maximum absolute atomic E-state index is 12.1. The number of phenols is 1. The van der Waals surface area contributed by atoms with Gasteiger partial charge < -0.3 is 5.11 Å². The Hall–Kier alpha value is -1.97. The molecule has 7 nitrogen and oxygen atoms in total. The first-order valence-corrected chi connectivity index (χ1v) is 9.48. The molecule has 1 aromatic heterocycles. The Labute approximate surface area is 137 Å². The Morgan fingerprint density at radius 1 is 1.39 bits per heavy atom. The van der Waals surface area contributed by atoms with Gasteiger partial charge >= 0.3 is 0 Å². The monoisotopic (exact) mass is 353 g/mol. The molecule has 1 aliphatic rings. The van der Waals surface area contributed by atoms with Crippen LogP contribution in [0.4, 0.5) is 5.13 Å². The normalized spacial score (nSPS) is 18.6. The van der Waals surface area contributed by atoms with Crippen molar-refractivity contribution in [3.63, 3.8) is 0 Å². The molecule has 1 saturated heterocycles. The molecule has 1 aromatic carbocycles. The minimum absolute atomic E-state index is 0.115. The minimum Gasteiger partial charge on any atom is -0.507 e. The number of phenolic OH excluding ortho intramolecular Hbond substituents is 1. The van der Waals surface area contributed by atoms with E-state index in [4.69, 9.17) is 5.14 Å². The van der Waals surface area contributed by atoms with Gasteiger partial charge in [0.25, 0.3) is 0 Å². The van der Waals surface area contributed by atoms with Crippen molar-refractivity contribution in [1.82, 2.24) is 4.98 Å². The van der Waals surface area contributed by atoms with E-state index in [0.29, 0.717) is 16.4 Å². The molecule has 0 aliphatic carbocycles. The predicted octanol–water partition coefficient (Wildman–Crippen LogP) is 1.16. The number of nitrogens with zero attached hydrogens (tertiary/aromatic N) is 2.